The first-order valence-electron chi connectivity index (χ1n) is 4.65. The van der Waals surface area contributed by atoms with Gasteiger partial charge in [0.25, 0.3) is 0 Å². The van der Waals surface area contributed by atoms with E-state index in [0.29, 0.717) is 5.56 Å². The number of hydrogen-bond donors (Lipinski definition) is 3. The molecule has 86 valence electrons. The second-order valence-corrected chi connectivity index (χ2v) is 3.47. The van der Waals surface area contributed by atoms with Crippen LogP contribution in [0, 0.1) is 0 Å². The van der Waals surface area contributed by atoms with Crippen LogP contribution in [0.1, 0.15) is 22.8 Å². The number of aliphatic carboxylic acids is 1. The summed E-state index contributed by atoms with van der Waals surface area (Å²) in [6.45, 7) is 1.30. The van der Waals surface area contributed by atoms with Crippen LogP contribution in [-0.2, 0) is 11.2 Å². The van der Waals surface area contributed by atoms with Gasteiger partial charge in [-0.1, -0.05) is 6.07 Å². The smallest absolute Gasteiger partial charge is 0.332 e. The maximum Gasteiger partial charge on any atom is 0.332 e. The SMILES string of the molecule is CC(=O)c1cc(C[C@@H](O)C(=O)O)ccc1O. The molecule has 0 fully saturated rings. The third kappa shape index (κ3) is 2.80. The molecule has 0 saturated carbocycles. The number of ketones is 1. The minimum Gasteiger partial charge on any atom is -0.507 e. The number of hydrogen-bond acceptors (Lipinski definition) is 4. The molecule has 0 unspecified atom stereocenters. The van der Waals surface area contributed by atoms with Crippen LogP contribution >= 0.6 is 0 Å². The minimum atomic E-state index is -1.51. The zero-order valence-electron chi connectivity index (χ0n) is 8.67. The molecule has 1 atom stereocenters. The number of aliphatic hydroxyl groups excluding tert-OH is 1. The number of rotatable bonds is 4. The molecule has 1 rings (SSSR count). The average molecular weight is 224 g/mol. The van der Waals surface area contributed by atoms with Gasteiger partial charge >= 0.3 is 5.97 Å². The van der Waals surface area contributed by atoms with Gasteiger partial charge in [-0.2, -0.15) is 0 Å². The Hall–Kier alpha value is -1.88. The van der Waals surface area contributed by atoms with E-state index in [1.54, 1.807) is 0 Å². The van der Waals surface area contributed by atoms with Crippen molar-refractivity contribution in [2.75, 3.05) is 0 Å². The molecule has 0 amide bonds. The lowest BCUT2D eigenvalue weighted by atomic mass is 10.0. The summed E-state index contributed by atoms with van der Waals surface area (Å²) in [4.78, 5) is 21.5. The average Bonchev–Trinajstić information content (AvgIpc) is 2.20. The van der Waals surface area contributed by atoms with E-state index >= 15 is 0 Å². The van der Waals surface area contributed by atoms with Crippen molar-refractivity contribution < 1.29 is 24.9 Å². The van der Waals surface area contributed by atoms with Crippen molar-refractivity contribution in [1.29, 1.82) is 0 Å². The van der Waals surface area contributed by atoms with E-state index in [-0.39, 0.29) is 23.5 Å². The number of carboxylic acids is 1. The fourth-order valence-electron chi connectivity index (χ4n) is 1.30. The Bertz CT molecular complexity index is 424. The van der Waals surface area contributed by atoms with Crippen LogP contribution in [-0.4, -0.2) is 33.2 Å². The van der Waals surface area contributed by atoms with Crippen molar-refractivity contribution in [2.45, 2.75) is 19.4 Å². The highest BCUT2D eigenvalue weighted by Crippen LogP contribution is 2.19. The zero-order valence-corrected chi connectivity index (χ0v) is 8.67. The molecule has 0 radical (unpaired) electrons. The minimum absolute atomic E-state index is 0.101. The van der Waals surface area contributed by atoms with Crippen LogP contribution < -0.4 is 0 Å². The van der Waals surface area contributed by atoms with E-state index in [0.717, 1.165) is 0 Å². The lowest BCUT2D eigenvalue weighted by molar-refractivity contribution is -0.146. The van der Waals surface area contributed by atoms with Gasteiger partial charge in [-0.15, -0.1) is 0 Å². The summed E-state index contributed by atoms with van der Waals surface area (Å²) >= 11 is 0. The van der Waals surface area contributed by atoms with Gasteiger partial charge in [0.1, 0.15) is 5.75 Å². The zero-order chi connectivity index (χ0) is 12.3. The molecule has 16 heavy (non-hydrogen) atoms. The molecule has 0 aliphatic heterocycles. The van der Waals surface area contributed by atoms with Gasteiger partial charge in [0.2, 0.25) is 0 Å². The van der Waals surface area contributed by atoms with Crippen LogP contribution in [0.4, 0.5) is 0 Å². The molecule has 3 N–H and O–H groups in total. The molecule has 0 aliphatic carbocycles. The molecule has 0 aliphatic rings. The van der Waals surface area contributed by atoms with Crippen LogP contribution in [0.25, 0.3) is 0 Å². The number of phenolic OH excluding ortho intramolecular Hbond substituents is 1. The van der Waals surface area contributed by atoms with Gasteiger partial charge in [0, 0.05) is 6.42 Å². The predicted molar refractivity (Wildman–Crippen MR) is 55.5 cm³/mol. The van der Waals surface area contributed by atoms with Crippen molar-refractivity contribution in [3.05, 3.63) is 29.3 Å². The van der Waals surface area contributed by atoms with E-state index in [4.69, 9.17) is 10.2 Å². The van der Waals surface area contributed by atoms with Crippen molar-refractivity contribution in [3.8, 4) is 5.75 Å². The highest BCUT2D eigenvalue weighted by Gasteiger charge is 2.15. The topological polar surface area (TPSA) is 94.8 Å². The standard InChI is InChI=1S/C11H12O5/c1-6(12)8-4-7(2-3-9(8)13)5-10(14)11(15)16/h2-4,10,13-14H,5H2,1H3,(H,15,16)/t10-/m1/s1. The largest absolute Gasteiger partial charge is 0.507 e. The van der Waals surface area contributed by atoms with Crippen molar-refractivity contribution in [1.82, 2.24) is 0 Å². The van der Waals surface area contributed by atoms with Gasteiger partial charge in [-0.05, 0) is 24.6 Å². The lowest BCUT2D eigenvalue weighted by Gasteiger charge is -2.07. The molecule has 0 heterocycles. The van der Waals surface area contributed by atoms with Gasteiger partial charge in [-0.25, -0.2) is 4.79 Å². The molecule has 1 aromatic rings. The molecule has 5 heteroatoms. The van der Waals surface area contributed by atoms with Gasteiger partial charge in [-0.3, -0.25) is 4.79 Å². The number of carbonyl (C=O) groups is 2. The molecule has 0 saturated heterocycles. The molecular weight excluding hydrogens is 212 g/mol. The quantitative estimate of drug-likeness (QED) is 0.650. The number of phenols is 1. The van der Waals surface area contributed by atoms with Gasteiger partial charge in [0.15, 0.2) is 11.9 Å². The number of aromatic hydroxyl groups is 1. The molecule has 0 aromatic heterocycles. The van der Waals surface area contributed by atoms with E-state index in [2.05, 4.69) is 0 Å². The Balaban J connectivity index is 2.95. The summed E-state index contributed by atoms with van der Waals surface area (Å²) < 4.78 is 0. The first-order valence-corrected chi connectivity index (χ1v) is 4.65. The van der Waals surface area contributed by atoms with E-state index in [1.807, 2.05) is 0 Å². The molecule has 5 nitrogen and oxygen atoms in total. The summed E-state index contributed by atoms with van der Waals surface area (Å²) in [5.41, 5.74) is 0.605. The molecule has 1 aromatic carbocycles. The predicted octanol–water partition coefficient (Wildman–Crippen LogP) is 0.583. The third-order valence-corrected chi connectivity index (χ3v) is 2.15. The maximum atomic E-state index is 11.1. The Labute approximate surface area is 92.0 Å². The summed E-state index contributed by atoms with van der Waals surface area (Å²) in [5.74, 6) is -1.79. The van der Waals surface area contributed by atoms with Crippen LogP contribution in [0.3, 0.4) is 0 Å². The first-order chi connectivity index (χ1) is 7.41. The summed E-state index contributed by atoms with van der Waals surface area (Å²) in [5, 5.41) is 27.0. The van der Waals surface area contributed by atoms with Crippen LogP contribution in [0.2, 0.25) is 0 Å². The highest BCUT2D eigenvalue weighted by molar-refractivity contribution is 5.96. The highest BCUT2D eigenvalue weighted by atomic mass is 16.4. The normalized spacial score (nSPS) is 12.1. The molecule has 0 bridgehead atoms. The fraction of sp³-hybridized carbons (Fsp3) is 0.273. The Morgan fingerprint density at radius 1 is 1.38 bits per heavy atom. The van der Waals surface area contributed by atoms with E-state index in [1.165, 1.54) is 25.1 Å². The van der Waals surface area contributed by atoms with Crippen LogP contribution in [0.5, 0.6) is 5.75 Å². The summed E-state index contributed by atoms with van der Waals surface area (Å²) in [6.07, 6.45) is -1.61. The van der Waals surface area contributed by atoms with Crippen molar-refractivity contribution in [3.63, 3.8) is 0 Å². The summed E-state index contributed by atoms with van der Waals surface area (Å²) in [6, 6.07) is 4.15. The van der Waals surface area contributed by atoms with Crippen molar-refractivity contribution in [2.24, 2.45) is 0 Å². The Morgan fingerprint density at radius 2 is 2.00 bits per heavy atom. The maximum absolute atomic E-state index is 11.1. The number of benzene rings is 1. The second-order valence-electron chi connectivity index (χ2n) is 3.47. The van der Waals surface area contributed by atoms with Crippen molar-refractivity contribution >= 4 is 11.8 Å². The number of aliphatic hydroxyl groups is 1. The third-order valence-electron chi connectivity index (χ3n) is 2.15. The second kappa shape index (κ2) is 4.76. The number of carboxylic acid groups (broad SMARTS) is 1. The molecule has 0 spiro atoms. The van der Waals surface area contributed by atoms with Gasteiger partial charge < -0.3 is 15.3 Å². The van der Waals surface area contributed by atoms with E-state index in [9.17, 15) is 14.7 Å². The van der Waals surface area contributed by atoms with Crippen LogP contribution in [0.15, 0.2) is 18.2 Å². The monoisotopic (exact) mass is 224 g/mol. The Kier molecular flexibility index (Phi) is 3.63. The first kappa shape index (κ1) is 12.2. The lowest BCUT2D eigenvalue weighted by Crippen LogP contribution is -2.22. The summed E-state index contributed by atoms with van der Waals surface area (Å²) in [7, 11) is 0. The number of Topliss-reactive ketones (excluding diaryl/α,β-unsaturated/α-hetero) is 1. The Morgan fingerprint density at radius 3 is 2.50 bits per heavy atom. The number of carbonyl (C=O) groups excluding carboxylic acids is 1. The molecular formula is C11H12O5. The van der Waals surface area contributed by atoms with E-state index < -0.39 is 12.1 Å². The fourth-order valence-corrected chi connectivity index (χ4v) is 1.30. The van der Waals surface area contributed by atoms with Gasteiger partial charge in [0.05, 0.1) is 5.56 Å².